The predicted molar refractivity (Wildman–Crippen MR) is 122 cm³/mol. The summed E-state index contributed by atoms with van der Waals surface area (Å²) in [5.41, 5.74) is 0.202. The van der Waals surface area contributed by atoms with Gasteiger partial charge < -0.3 is 15.3 Å². The number of fused-ring (bicyclic) bond motifs is 5. The second-order valence-corrected chi connectivity index (χ2v) is 12.5. The average Bonchev–Trinajstić information content (AvgIpc) is 3.00. The highest BCUT2D eigenvalue weighted by Gasteiger charge is 2.67. The maximum absolute atomic E-state index is 12.2. The van der Waals surface area contributed by atoms with Gasteiger partial charge >= 0.3 is 0 Å². The van der Waals surface area contributed by atoms with Gasteiger partial charge in [0.1, 0.15) is 0 Å². The van der Waals surface area contributed by atoms with Crippen LogP contribution < -0.4 is 0 Å². The first kappa shape index (κ1) is 22.8. The van der Waals surface area contributed by atoms with E-state index in [9.17, 15) is 15.3 Å². The lowest BCUT2D eigenvalue weighted by Crippen LogP contribution is -2.66. The predicted octanol–water partition coefficient (Wildman–Crippen LogP) is 5.47. The Balaban J connectivity index is 1.59. The third-order valence-electron chi connectivity index (χ3n) is 10.5. The third-order valence-corrected chi connectivity index (χ3v) is 10.5. The zero-order valence-electron chi connectivity index (χ0n) is 20.0. The van der Waals surface area contributed by atoms with Crippen molar-refractivity contribution in [3.63, 3.8) is 0 Å². The van der Waals surface area contributed by atoms with Gasteiger partial charge in [0.15, 0.2) is 0 Å². The average molecular weight is 419 g/mol. The molecule has 4 rings (SSSR count). The van der Waals surface area contributed by atoms with E-state index < -0.39 is 11.7 Å². The van der Waals surface area contributed by atoms with Crippen LogP contribution in [-0.2, 0) is 0 Å². The molecule has 3 fully saturated rings. The maximum atomic E-state index is 12.2. The molecule has 0 spiro atoms. The minimum atomic E-state index is -0.837. The Morgan fingerprint density at radius 1 is 1.00 bits per heavy atom. The zero-order chi connectivity index (χ0) is 21.9. The van der Waals surface area contributed by atoms with Gasteiger partial charge in [-0.1, -0.05) is 65.5 Å². The van der Waals surface area contributed by atoms with Crippen molar-refractivity contribution in [2.45, 2.75) is 117 Å². The van der Waals surface area contributed by atoms with Crippen LogP contribution in [0.2, 0.25) is 0 Å². The molecule has 30 heavy (non-hydrogen) atoms. The molecule has 0 amide bonds. The van der Waals surface area contributed by atoms with E-state index in [0.29, 0.717) is 18.3 Å². The first-order chi connectivity index (χ1) is 14.0. The lowest BCUT2D eigenvalue weighted by molar-refractivity contribution is -0.213. The number of hydrogen-bond donors (Lipinski definition) is 3. The molecule has 0 heterocycles. The minimum Gasteiger partial charge on any atom is -0.393 e. The van der Waals surface area contributed by atoms with Gasteiger partial charge in [0.25, 0.3) is 0 Å². The Bertz CT molecular complexity index is 671. The Labute approximate surface area is 184 Å². The molecule has 0 bridgehead atoms. The van der Waals surface area contributed by atoms with E-state index in [4.69, 9.17) is 0 Å². The van der Waals surface area contributed by atoms with Crippen molar-refractivity contribution in [1.82, 2.24) is 0 Å². The van der Waals surface area contributed by atoms with E-state index in [1.807, 2.05) is 6.08 Å². The Kier molecular flexibility index (Phi) is 5.99. The summed E-state index contributed by atoms with van der Waals surface area (Å²) in [6.45, 7) is 11.8. The first-order valence-corrected chi connectivity index (χ1v) is 12.8. The molecule has 3 saturated carbocycles. The summed E-state index contributed by atoms with van der Waals surface area (Å²) in [5, 5.41) is 33.7. The molecule has 0 aliphatic heterocycles. The molecule has 0 aromatic heterocycles. The molecule has 0 radical (unpaired) electrons. The van der Waals surface area contributed by atoms with Crippen LogP contribution in [-0.4, -0.2) is 33.1 Å². The molecule has 3 nitrogen and oxygen atoms in total. The van der Waals surface area contributed by atoms with Crippen LogP contribution in [0.1, 0.15) is 98.8 Å². The molecule has 9 atom stereocenters. The minimum absolute atomic E-state index is 0.0619. The molecule has 172 valence electrons. The van der Waals surface area contributed by atoms with Gasteiger partial charge in [0, 0.05) is 11.3 Å². The highest BCUT2D eigenvalue weighted by atomic mass is 16.3. The van der Waals surface area contributed by atoms with E-state index in [1.165, 1.54) is 25.7 Å². The molecule has 0 aromatic rings. The van der Waals surface area contributed by atoms with Gasteiger partial charge in [0.05, 0.1) is 17.8 Å². The number of hydrogen-bond acceptors (Lipinski definition) is 3. The standard InChI is InChI=1S/C27H46O3/c1-17(2)7-6-8-18(3)21-9-10-22-24-23(29)16-19-15-20(28)11-12-26(19,5)27(24,30)14-13-25(21,22)4/h16-18,20-24,28-30H,6-15H2,1-5H3. The van der Waals surface area contributed by atoms with E-state index in [0.717, 1.165) is 49.5 Å². The van der Waals surface area contributed by atoms with Crippen LogP contribution in [0.15, 0.2) is 11.6 Å². The van der Waals surface area contributed by atoms with Crippen LogP contribution in [0.3, 0.4) is 0 Å². The molecule has 4 aliphatic carbocycles. The summed E-state index contributed by atoms with van der Waals surface area (Å²) >= 11 is 0. The van der Waals surface area contributed by atoms with Gasteiger partial charge in [-0.05, 0) is 74.0 Å². The monoisotopic (exact) mass is 418 g/mol. The van der Waals surface area contributed by atoms with E-state index in [1.54, 1.807) is 0 Å². The first-order valence-electron chi connectivity index (χ1n) is 12.8. The molecule has 0 saturated heterocycles. The van der Waals surface area contributed by atoms with E-state index >= 15 is 0 Å². The summed E-state index contributed by atoms with van der Waals surface area (Å²) in [6, 6.07) is 0. The largest absolute Gasteiger partial charge is 0.393 e. The van der Waals surface area contributed by atoms with Crippen molar-refractivity contribution in [2.24, 2.45) is 40.4 Å². The second kappa shape index (κ2) is 7.89. The fraction of sp³-hybridized carbons (Fsp3) is 0.926. The second-order valence-electron chi connectivity index (χ2n) is 12.5. The highest BCUT2D eigenvalue weighted by Crippen LogP contribution is 2.68. The quantitative estimate of drug-likeness (QED) is 0.519. The van der Waals surface area contributed by atoms with E-state index in [2.05, 4.69) is 34.6 Å². The van der Waals surface area contributed by atoms with Crippen molar-refractivity contribution in [1.29, 1.82) is 0 Å². The highest BCUT2D eigenvalue weighted by molar-refractivity contribution is 5.33. The van der Waals surface area contributed by atoms with Crippen molar-refractivity contribution < 1.29 is 15.3 Å². The molecule has 9 unspecified atom stereocenters. The molecule has 3 N–H and O–H groups in total. The third kappa shape index (κ3) is 3.33. The summed E-state index contributed by atoms with van der Waals surface area (Å²) in [7, 11) is 0. The zero-order valence-corrected chi connectivity index (χ0v) is 20.0. The smallest absolute Gasteiger partial charge is 0.0796 e. The van der Waals surface area contributed by atoms with Gasteiger partial charge in [0.2, 0.25) is 0 Å². The maximum Gasteiger partial charge on any atom is 0.0796 e. The summed E-state index contributed by atoms with van der Waals surface area (Å²) in [5.74, 6) is 2.54. The summed E-state index contributed by atoms with van der Waals surface area (Å²) in [6.07, 6.45) is 11.5. The lowest BCUT2D eigenvalue weighted by atomic mass is 9.44. The molecular formula is C27H46O3. The molecule has 4 aliphatic rings. The van der Waals surface area contributed by atoms with Crippen molar-refractivity contribution in [2.75, 3.05) is 0 Å². The van der Waals surface area contributed by atoms with Gasteiger partial charge in [-0.2, -0.15) is 0 Å². The van der Waals surface area contributed by atoms with Crippen LogP contribution in [0.5, 0.6) is 0 Å². The van der Waals surface area contributed by atoms with Crippen LogP contribution >= 0.6 is 0 Å². The molecule has 3 heteroatoms. The number of aliphatic hydroxyl groups is 3. The van der Waals surface area contributed by atoms with Crippen LogP contribution in [0, 0.1) is 40.4 Å². The molecule has 0 aromatic carbocycles. The van der Waals surface area contributed by atoms with Crippen molar-refractivity contribution in [3.05, 3.63) is 11.6 Å². The van der Waals surface area contributed by atoms with Crippen LogP contribution in [0.4, 0.5) is 0 Å². The number of aliphatic hydroxyl groups excluding tert-OH is 2. The lowest BCUT2D eigenvalue weighted by Gasteiger charge is -2.63. The number of rotatable bonds is 5. The normalized spacial score (nSPS) is 49.2. The fourth-order valence-electron chi connectivity index (χ4n) is 8.61. The van der Waals surface area contributed by atoms with Crippen LogP contribution in [0.25, 0.3) is 0 Å². The topological polar surface area (TPSA) is 60.7 Å². The Morgan fingerprint density at radius 2 is 1.73 bits per heavy atom. The Hall–Kier alpha value is -0.380. The fourth-order valence-corrected chi connectivity index (χ4v) is 8.61. The summed E-state index contributed by atoms with van der Waals surface area (Å²) in [4.78, 5) is 0. The molecular weight excluding hydrogens is 372 g/mol. The van der Waals surface area contributed by atoms with E-state index in [-0.39, 0.29) is 22.9 Å². The van der Waals surface area contributed by atoms with Crippen molar-refractivity contribution >= 4 is 0 Å². The SMILES string of the molecule is CC(C)CCCC(C)C1CCC2C3C(O)C=C4CC(O)CCC4(C)C3(O)CCC12C. The van der Waals surface area contributed by atoms with Gasteiger partial charge in [-0.25, -0.2) is 0 Å². The summed E-state index contributed by atoms with van der Waals surface area (Å²) < 4.78 is 0. The van der Waals surface area contributed by atoms with Gasteiger partial charge in [-0.15, -0.1) is 0 Å². The Morgan fingerprint density at radius 3 is 2.43 bits per heavy atom. The van der Waals surface area contributed by atoms with Crippen molar-refractivity contribution in [3.8, 4) is 0 Å². The van der Waals surface area contributed by atoms with Gasteiger partial charge in [-0.3, -0.25) is 0 Å².